The Labute approximate surface area is 248 Å². The molecule has 3 aromatic carbocycles. The van der Waals surface area contributed by atoms with Crippen molar-refractivity contribution in [3.05, 3.63) is 98.4 Å². The first-order valence-corrected chi connectivity index (χ1v) is 15.6. The van der Waals surface area contributed by atoms with Crippen LogP contribution in [-0.2, 0) is 32.6 Å². The lowest BCUT2D eigenvalue weighted by Gasteiger charge is -2.34. The van der Waals surface area contributed by atoms with Gasteiger partial charge >= 0.3 is 0 Å². The van der Waals surface area contributed by atoms with Crippen LogP contribution < -0.4 is 9.62 Å². The zero-order valence-electron chi connectivity index (χ0n) is 21.8. The van der Waals surface area contributed by atoms with E-state index >= 15 is 0 Å². The summed E-state index contributed by atoms with van der Waals surface area (Å²) in [5, 5.41) is 3.08. The number of sulfonamides is 1. The molecule has 1 atom stereocenters. The van der Waals surface area contributed by atoms with E-state index in [1.54, 1.807) is 6.07 Å². The van der Waals surface area contributed by atoms with Crippen molar-refractivity contribution in [2.45, 2.75) is 38.9 Å². The highest BCUT2D eigenvalue weighted by Gasteiger charge is 2.33. The van der Waals surface area contributed by atoms with Crippen LogP contribution in [0.5, 0.6) is 0 Å². The summed E-state index contributed by atoms with van der Waals surface area (Å²) in [6, 6.07) is 20.2. The van der Waals surface area contributed by atoms with Gasteiger partial charge in [-0.3, -0.25) is 13.9 Å². The van der Waals surface area contributed by atoms with E-state index in [-0.39, 0.29) is 40.6 Å². The number of hydrogen-bond acceptors (Lipinski definition) is 4. The van der Waals surface area contributed by atoms with Crippen molar-refractivity contribution < 1.29 is 18.0 Å². The summed E-state index contributed by atoms with van der Waals surface area (Å²) in [5.74, 6) is -0.917. The molecule has 0 spiro atoms. The maximum absolute atomic E-state index is 14.0. The van der Waals surface area contributed by atoms with Crippen molar-refractivity contribution in [2.24, 2.45) is 0 Å². The third kappa shape index (κ3) is 8.70. The van der Waals surface area contributed by atoms with Gasteiger partial charge < -0.3 is 10.2 Å². The molecule has 0 saturated heterocycles. The fraction of sp³-hybridized carbons (Fsp3) is 0.286. The first-order valence-electron chi connectivity index (χ1n) is 12.2. The lowest BCUT2D eigenvalue weighted by molar-refractivity contribution is -0.140. The van der Waals surface area contributed by atoms with Crippen LogP contribution in [0.2, 0.25) is 10.0 Å². The smallest absolute Gasteiger partial charge is 0.244 e. The average Bonchev–Trinajstić information content (AvgIpc) is 2.86. The second kappa shape index (κ2) is 13.7. The highest BCUT2D eigenvalue weighted by molar-refractivity contribution is 9.10. The minimum absolute atomic E-state index is 0.00863. The Morgan fingerprint density at radius 3 is 2.21 bits per heavy atom. The third-order valence-electron chi connectivity index (χ3n) is 5.82. The van der Waals surface area contributed by atoms with Crippen LogP contribution in [0.4, 0.5) is 5.69 Å². The monoisotopic (exact) mass is 653 g/mol. The van der Waals surface area contributed by atoms with Crippen molar-refractivity contribution in [3.8, 4) is 0 Å². The highest BCUT2D eigenvalue weighted by Crippen LogP contribution is 2.34. The second-order valence-corrected chi connectivity index (χ2v) is 13.0. The number of carbonyl (C=O) groups excluding carboxylic acids is 2. The molecule has 0 heterocycles. The summed E-state index contributed by atoms with van der Waals surface area (Å²) in [6.45, 7) is 3.17. The molecule has 0 fully saturated rings. The molecule has 7 nitrogen and oxygen atoms in total. The van der Waals surface area contributed by atoms with Gasteiger partial charge in [0.1, 0.15) is 12.6 Å². The van der Waals surface area contributed by atoms with Gasteiger partial charge in [-0.25, -0.2) is 8.42 Å². The molecular weight excluding hydrogens is 625 g/mol. The molecule has 0 radical (unpaired) electrons. The van der Waals surface area contributed by atoms with Crippen LogP contribution in [0, 0.1) is 0 Å². The second-order valence-electron chi connectivity index (χ2n) is 9.36. The van der Waals surface area contributed by atoms with Gasteiger partial charge in [-0.05, 0) is 49.2 Å². The van der Waals surface area contributed by atoms with E-state index in [9.17, 15) is 18.0 Å². The molecule has 2 amide bonds. The standard InChI is InChI=1S/C28H30BrCl2N3O4S/c1-19(2)32-28(36)25(16-20-9-5-4-6-10-20)33(17-21-11-7-12-22(29)15-21)26(35)18-34(39(3,37)38)24-14-8-13-23(30)27(24)31/h4-15,19,25H,16-18H2,1-3H3,(H,32,36)/t25-/m0/s1. The van der Waals surface area contributed by atoms with E-state index in [0.29, 0.717) is 0 Å². The molecule has 0 unspecified atom stereocenters. The Kier molecular flexibility index (Phi) is 10.8. The molecule has 3 aromatic rings. The first kappa shape index (κ1) is 30.9. The molecule has 0 aliphatic carbocycles. The van der Waals surface area contributed by atoms with Crippen molar-refractivity contribution in [3.63, 3.8) is 0 Å². The van der Waals surface area contributed by atoms with E-state index in [2.05, 4.69) is 21.2 Å². The molecule has 39 heavy (non-hydrogen) atoms. The fourth-order valence-electron chi connectivity index (χ4n) is 4.05. The molecule has 1 N–H and O–H groups in total. The topological polar surface area (TPSA) is 86.8 Å². The first-order chi connectivity index (χ1) is 18.4. The van der Waals surface area contributed by atoms with Gasteiger partial charge in [0.05, 0.1) is 22.0 Å². The van der Waals surface area contributed by atoms with E-state index in [0.717, 1.165) is 26.2 Å². The van der Waals surface area contributed by atoms with Crippen molar-refractivity contribution in [1.82, 2.24) is 10.2 Å². The Balaban J connectivity index is 2.08. The van der Waals surface area contributed by atoms with Gasteiger partial charge in [0, 0.05) is 23.5 Å². The SMILES string of the molecule is CC(C)NC(=O)[C@H](Cc1ccccc1)N(Cc1cccc(Br)c1)C(=O)CN(c1cccc(Cl)c1Cl)S(C)(=O)=O. The normalized spacial score (nSPS) is 12.2. The van der Waals surface area contributed by atoms with E-state index in [4.69, 9.17) is 23.2 Å². The van der Waals surface area contributed by atoms with Gasteiger partial charge in [0.15, 0.2) is 0 Å². The fourth-order valence-corrected chi connectivity index (χ4v) is 5.80. The summed E-state index contributed by atoms with van der Waals surface area (Å²) in [5.41, 5.74) is 1.69. The molecule has 3 rings (SSSR count). The Bertz CT molecular complexity index is 1420. The molecule has 0 saturated carbocycles. The number of nitrogens with one attached hydrogen (secondary N) is 1. The number of nitrogens with zero attached hydrogens (tertiary/aromatic N) is 2. The Morgan fingerprint density at radius 2 is 1.59 bits per heavy atom. The summed E-state index contributed by atoms with van der Waals surface area (Å²) in [7, 11) is -3.95. The zero-order valence-corrected chi connectivity index (χ0v) is 25.7. The van der Waals surface area contributed by atoms with Gasteiger partial charge in [-0.15, -0.1) is 0 Å². The number of amides is 2. The van der Waals surface area contributed by atoms with Gasteiger partial charge in [-0.1, -0.05) is 87.7 Å². The predicted molar refractivity (Wildman–Crippen MR) is 161 cm³/mol. The summed E-state index contributed by atoms with van der Waals surface area (Å²) in [4.78, 5) is 29.0. The van der Waals surface area contributed by atoms with Crippen LogP contribution in [0.1, 0.15) is 25.0 Å². The maximum Gasteiger partial charge on any atom is 0.244 e. The number of hydrogen-bond donors (Lipinski definition) is 1. The van der Waals surface area contributed by atoms with Crippen molar-refractivity contribution in [2.75, 3.05) is 17.1 Å². The van der Waals surface area contributed by atoms with Gasteiger partial charge in [0.25, 0.3) is 0 Å². The molecule has 0 aliphatic heterocycles. The van der Waals surface area contributed by atoms with Gasteiger partial charge in [0.2, 0.25) is 21.8 Å². The number of halogens is 3. The quantitative estimate of drug-likeness (QED) is 0.288. The zero-order chi connectivity index (χ0) is 28.7. The summed E-state index contributed by atoms with van der Waals surface area (Å²) in [6.07, 6.45) is 1.22. The Morgan fingerprint density at radius 1 is 0.949 bits per heavy atom. The molecule has 0 aromatic heterocycles. The Hall–Kier alpha value is -2.59. The maximum atomic E-state index is 14.0. The molecule has 11 heteroatoms. The van der Waals surface area contributed by atoms with Gasteiger partial charge in [-0.2, -0.15) is 0 Å². The highest BCUT2D eigenvalue weighted by atomic mass is 79.9. The van der Waals surface area contributed by atoms with E-state index in [1.165, 1.54) is 17.0 Å². The van der Waals surface area contributed by atoms with Crippen LogP contribution in [0.25, 0.3) is 0 Å². The predicted octanol–water partition coefficient (Wildman–Crippen LogP) is 5.69. The molecule has 0 aliphatic rings. The number of carbonyl (C=O) groups is 2. The number of rotatable bonds is 11. The van der Waals surface area contributed by atoms with E-state index in [1.807, 2.05) is 68.4 Å². The van der Waals surface area contributed by atoms with Crippen molar-refractivity contribution >= 4 is 66.7 Å². The van der Waals surface area contributed by atoms with Crippen LogP contribution in [0.15, 0.2) is 77.3 Å². The largest absolute Gasteiger partial charge is 0.352 e. The number of benzene rings is 3. The minimum atomic E-state index is -3.95. The minimum Gasteiger partial charge on any atom is -0.352 e. The lowest BCUT2D eigenvalue weighted by atomic mass is 10.0. The lowest BCUT2D eigenvalue weighted by Crippen LogP contribution is -2.54. The summed E-state index contributed by atoms with van der Waals surface area (Å²) < 4.78 is 27.5. The molecule has 208 valence electrons. The number of anilines is 1. The molecule has 0 bridgehead atoms. The summed E-state index contributed by atoms with van der Waals surface area (Å²) >= 11 is 16.0. The molecular formula is C28H30BrCl2N3O4S. The van der Waals surface area contributed by atoms with Crippen molar-refractivity contribution in [1.29, 1.82) is 0 Å². The van der Waals surface area contributed by atoms with Crippen LogP contribution in [0.3, 0.4) is 0 Å². The van der Waals surface area contributed by atoms with Crippen LogP contribution in [-0.4, -0.2) is 50.0 Å². The van der Waals surface area contributed by atoms with E-state index < -0.39 is 28.5 Å². The van der Waals surface area contributed by atoms with Crippen LogP contribution >= 0.6 is 39.1 Å². The average molecular weight is 655 g/mol. The third-order valence-corrected chi connectivity index (χ3v) is 8.25.